The lowest BCUT2D eigenvalue weighted by atomic mass is 10.1. The molecule has 3 heterocycles. The maximum Gasteiger partial charge on any atom is 0.240 e. The van der Waals surface area contributed by atoms with Crippen LogP contribution in [0.15, 0.2) is 41.7 Å². The predicted molar refractivity (Wildman–Crippen MR) is 69.2 cm³/mol. The van der Waals surface area contributed by atoms with Crippen LogP contribution < -0.4 is 5.73 Å². The molecule has 8 heteroatoms. The van der Waals surface area contributed by atoms with Crippen LogP contribution in [0, 0.1) is 0 Å². The zero-order valence-electron chi connectivity index (χ0n) is 9.59. The molecule has 0 spiro atoms. The lowest BCUT2D eigenvalue weighted by molar-refractivity contribution is 0.614. The number of fused-ring (bicyclic) bond motifs is 1. The van der Waals surface area contributed by atoms with Crippen molar-refractivity contribution in [2.24, 2.45) is 0 Å². The zero-order valence-corrected chi connectivity index (χ0v) is 10.5. The van der Waals surface area contributed by atoms with Crippen molar-refractivity contribution in [2.45, 2.75) is 4.90 Å². The summed E-state index contributed by atoms with van der Waals surface area (Å²) in [7, 11) is -2.65. The molecule has 0 atom stereocenters. The maximum absolute atomic E-state index is 11.0. The van der Waals surface area contributed by atoms with Gasteiger partial charge in [-0.1, -0.05) is 0 Å². The van der Waals surface area contributed by atoms with E-state index in [0.29, 0.717) is 11.2 Å². The minimum atomic E-state index is -2.65. The molecule has 19 heavy (non-hydrogen) atoms. The Kier molecular flexibility index (Phi) is 2.64. The van der Waals surface area contributed by atoms with Crippen molar-refractivity contribution in [3.8, 4) is 11.1 Å². The van der Waals surface area contributed by atoms with Crippen LogP contribution in [0.1, 0.15) is 0 Å². The van der Waals surface area contributed by atoms with E-state index in [4.69, 9.17) is 5.73 Å². The van der Waals surface area contributed by atoms with Gasteiger partial charge in [0, 0.05) is 29.7 Å². The SMILES string of the molecule is Nc1nc2ccc(-c3cncc([SH](=O)=O)c3)cn2n1. The Labute approximate surface area is 109 Å². The van der Waals surface area contributed by atoms with E-state index in [9.17, 15) is 8.42 Å². The minimum Gasteiger partial charge on any atom is -0.366 e. The second-order valence-corrected chi connectivity index (χ2v) is 4.91. The highest BCUT2D eigenvalue weighted by atomic mass is 32.2. The molecule has 0 aliphatic heterocycles. The number of hydrogen-bond acceptors (Lipinski definition) is 6. The van der Waals surface area contributed by atoms with Gasteiger partial charge < -0.3 is 5.73 Å². The van der Waals surface area contributed by atoms with E-state index in [1.165, 1.54) is 10.7 Å². The van der Waals surface area contributed by atoms with Gasteiger partial charge in [0.2, 0.25) is 5.95 Å². The molecule has 2 N–H and O–H groups in total. The average molecular weight is 275 g/mol. The van der Waals surface area contributed by atoms with Gasteiger partial charge in [-0.05, 0) is 18.2 Å². The molecule has 0 saturated heterocycles. The largest absolute Gasteiger partial charge is 0.366 e. The van der Waals surface area contributed by atoms with Crippen LogP contribution in [-0.4, -0.2) is 28.0 Å². The number of pyridine rings is 2. The smallest absolute Gasteiger partial charge is 0.240 e. The fraction of sp³-hybridized carbons (Fsp3) is 0. The average Bonchev–Trinajstić information content (AvgIpc) is 2.77. The minimum absolute atomic E-state index is 0.172. The van der Waals surface area contributed by atoms with Crippen LogP contribution in [0.4, 0.5) is 5.95 Å². The van der Waals surface area contributed by atoms with E-state index in [2.05, 4.69) is 15.1 Å². The van der Waals surface area contributed by atoms with Crippen molar-refractivity contribution in [3.63, 3.8) is 0 Å². The number of hydrogen-bond donors (Lipinski definition) is 2. The summed E-state index contributed by atoms with van der Waals surface area (Å²) in [5.41, 5.74) is 7.60. The molecule has 0 saturated carbocycles. The van der Waals surface area contributed by atoms with Crippen LogP contribution in [0.25, 0.3) is 16.8 Å². The zero-order chi connectivity index (χ0) is 13.4. The molecule has 0 aromatic carbocycles. The van der Waals surface area contributed by atoms with Crippen LogP contribution in [0.3, 0.4) is 0 Å². The Hall–Kier alpha value is -2.48. The normalized spacial score (nSPS) is 11.2. The van der Waals surface area contributed by atoms with Gasteiger partial charge in [-0.3, -0.25) is 4.98 Å². The fourth-order valence-corrected chi connectivity index (χ4v) is 2.16. The Morgan fingerprint density at radius 3 is 2.79 bits per heavy atom. The van der Waals surface area contributed by atoms with Crippen molar-refractivity contribution >= 4 is 22.3 Å². The number of aromatic nitrogens is 4. The highest BCUT2D eigenvalue weighted by molar-refractivity contribution is 7.72. The summed E-state index contributed by atoms with van der Waals surface area (Å²) in [5.74, 6) is 0.187. The van der Waals surface area contributed by atoms with E-state index in [1.54, 1.807) is 24.5 Å². The molecular formula is C11H9N5O2S. The summed E-state index contributed by atoms with van der Waals surface area (Å²) in [6, 6.07) is 5.12. The second kappa shape index (κ2) is 4.32. The van der Waals surface area contributed by atoms with Gasteiger partial charge in [0.05, 0.1) is 4.90 Å². The van der Waals surface area contributed by atoms with E-state index in [1.807, 2.05) is 6.07 Å². The molecule has 7 nitrogen and oxygen atoms in total. The number of rotatable bonds is 2. The summed E-state index contributed by atoms with van der Waals surface area (Å²) >= 11 is 0. The number of nitrogens with zero attached hydrogens (tertiary/aromatic N) is 4. The molecule has 3 aromatic heterocycles. The number of anilines is 1. The summed E-state index contributed by atoms with van der Waals surface area (Å²) in [6.45, 7) is 0. The Balaban J connectivity index is 2.15. The first-order chi connectivity index (χ1) is 9.13. The number of nitrogens with two attached hydrogens (primary N) is 1. The summed E-state index contributed by atoms with van der Waals surface area (Å²) in [5, 5.41) is 4.00. The van der Waals surface area contributed by atoms with Gasteiger partial charge in [0.15, 0.2) is 16.4 Å². The molecule has 0 aliphatic rings. The Bertz CT molecular complexity index is 832. The fourth-order valence-electron chi connectivity index (χ4n) is 1.76. The molecule has 0 radical (unpaired) electrons. The lowest BCUT2D eigenvalue weighted by Crippen LogP contribution is -1.91. The first kappa shape index (κ1) is 11.6. The van der Waals surface area contributed by atoms with Crippen LogP contribution in [0.2, 0.25) is 0 Å². The van der Waals surface area contributed by atoms with E-state index < -0.39 is 10.7 Å². The summed E-state index contributed by atoms with van der Waals surface area (Å²) in [4.78, 5) is 8.10. The summed E-state index contributed by atoms with van der Waals surface area (Å²) in [6.07, 6.45) is 4.61. The van der Waals surface area contributed by atoms with Crippen molar-refractivity contribution in [2.75, 3.05) is 5.73 Å². The number of nitrogen functional groups attached to an aromatic ring is 1. The first-order valence-corrected chi connectivity index (χ1v) is 6.53. The Morgan fingerprint density at radius 1 is 1.16 bits per heavy atom. The molecule has 0 aliphatic carbocycles. The lowest BCUT2D eigenvalue weighted by Gasteiger charge is -2.02. The second-order valence-electron chi connectivity index (χ2n) is 3.88. The van der Waals surface area contributed by atoms with Crippen molar-refractivity contribution in [1.82, 2.24) is 19.6 Å². The third-order valence-electron chi connectivity index (χ3n) is 2.62. The molecule has 3 aromatic rings. The standard InChI is InChI=1S/C11H9N5O2S/c12-11-14-10-2-1-7(6-16(10)15-11)8-3-9(19(17)18)5-13-4-8/h1-6,19H,(H2,12,15). The van der Waals surface area contributed by atoms with Crippen LogP contribution >= 0.6 is 0 Å². The Morgan fingerprint density at radius 2 is 2.00 bits per heavy atom. The molecule has 0 amide bonds. The van der Waals surface area contributed by atoms with Crippen molar-refractivity contribution in [1.29, 1.82) is 0 Å². The van der Waals surface area contributed by atoms with Crippen LogP contribution in [-0.2, 0) is 10.7 Å². The third kappa shape index (κ3) is 2.13. The predicted octanol–water partition coefficient (Wildman–Crippen LogP) is 0.344. The first-order valence-electron chi connectivity index (χ1n) is 5.35. The highest BCUT2D eigenvalue weighted by Crippen LogP contribution is 2.20. The van der Waals surface area contributed by atoms with Crippen molar-refractivity contribution in [3.05, 3.63) is 36.8 Å². The highest BCUT2D eigenvalue weighted by Gasteiger charge is 2.05. The van der Waals surface area contributed by atoms with E-state index >= 15 is 0 Å². The van der Waals surface area contributed by atoms with Crippen molar-refractivity contribution < 1.29 is 8.42 Å². The molecular weight excluding hydrogens is 266 g/mol. The molecule has 3 rings (SSSR count). The monoisotopic (exact) mass is 275 g/mol. The summed E-state index contributed by atoms with van der Waals surface area (Å²) < 4.78 is 23.4. The molecule has 0 bridgehead atoms. The molecule has 0 unspecified atom stereocenters. The molecule has 0 fully saturated rings. The van der Waals surface area contributed by atoms with Gasteiger partial charge in [-0.2, -0.15) is 4.98 Å². The number of thiol groups is 1. The topological polar surface area (TPSA) is 103 Å². The van der Waals surface area contributed by atoms with Gasteiger partial charge >= 0.3 is 0 Å². The quantitative estimate of drug-likeness (QED) is 0.654. The third-order valence-corrected chi connectivity index (χ3v) is 3.28. The van der Waals surface area contributed by atoms with Crippen LogP contribution in [0.5, 0.6) is 0 Å². The van der Waals surface area contributed by atoms with Gasteiger partial charge in [-0.15, -0.1) is 5.10 Å². The maximum atomic E-state index is 11.0. The van der Waals surface area contributed by atoms with E-state index in [0.717, 1.165) is 5.56 Å². The van der Waals surface area contributed by atoms with Gasteiger partial charge in [0.25, 0.3) is 0 Å². The molecule has 96 valence electrons. The van der Waals surface area contributed by atoms with E-state index in [-0.39, 0.29) is 10.8 Å². The van der Waals surface area contributed by atoms with Gasteiger partial charge in [0.1, 0.15) is 0 Å². The van der Waals surface area contributed by atoms with Gasteiger partial charge in [-0.25, -0.2) is 12.9 Å².